The molecule has 38 heavy (non-hydrogen) atoms. The first-order valence-electron chi connectivity index (χ1n) is 11.8. The molecule has 3 aliphatic heterocycles. The Morgan fingerprint density at radius 1 is 1.16 bits per heavy atom. The molecule has 3 N–H and O–H groups in total. The minimum absolute atomic E-state index is 0.0108. The highest BCUT2D eigenvalue weighted by molar-refractivity contribution is 9.10. The molecule has 0 radical (unpaired) electrons. The van der Waals surface area contributed by atoms with Crippen molar-refractivity contribution in [2.45, 2.75) is 54.0 Å². The van der Waals surface area contributed by atoms with E-state index >= 15 is 0 Å². The largest absolute Gasteiger partial charge is 0.394 e. The fourth-order valence-corrected chi connectivity index (χ4v) is 7.11. The predicted octanol–water partition coefficient (Wildman–Crippen LogP) is 2.79. The van der Waals surface area contributed by atoms with Crippen LogP contribution in [0.2, 0.25) is 0 Å². The summed E-state index contributed by atoms with van der Waals surface area (Å²) in [6, 6.07) is 5.86. The van der Waals surface area contributed by atoms with E-state index < -0.39 is 60.2 Å². The molecule has 6 rings (SSSR count). The van der Waals surface area contributed by atoms with Crippen molar-refractivity contribution in [3.63, 3.8) is 0 Å². The molecule has 0 bridgehead atoms. The molecular formula is C24H22BrF3N4O5S. The molecule has 1 aromatic heterocycles. The van der Waals surface area contributed by atoms with Crippen LogP contribution in [0.15, 0.2) is 45.9 Å². The Hall–Kier alpha value is -2.04. The van der Waals surface area contributed by atoms with Crippen LogP contribution in [0.3, 0.4) is 0 Å². The topological polar surface area (TPSA) is 113 Å². The molecule has 2 fully saturated rings. The van der Waals surface area contributed by atoms with Crippen LogP contribution in [0.25, 0.3) is 11.3 Å². The molecule has 3 aromatic rings. The first-order chi connectivity index (χ1) is 18.2. The van der Waals surface area contributed by atoms with Gasteiger partial charge in [0.25, 0.3) is 0 Å². The van der Waals surface area contributed by atoms with Gasteiger partial charge < -0.3 is 24.8 Å². The lowest BCUT2D eigenvalue weighted by Gasteiger charge is -2.50. The molecular weight excluding hydrogens is 593 g/mol. The summed E-state index contributed by atoms with van der Waals surface area (Å²) in [7, 11) is 0. The third kappa shape index (κ3) is 4.18. The van der Waals surface area contributed by atoms with Crippen LogP contribution >= 0.6 is 27.9 Å². The second-order valence-electron chi connectivity index (χ2n) is 9.40. The highest BCUT2D eigenvalue weighted by atomic mass is 79.9. The molecule has 14 heteroatoms. The van der Waals surface area contributed by atoms with Gasteiger partial charge in [-0.1, -0.05) is 27.2 Å². The number of aromatic nitrogens is 3. The lowest BCUT2D eigenvalue weighted by atomic mass is 9.86. The number of nitrogens with zero attached hydrogens (tertiary/aromatic N) is 4. The number of benzene rings is 2. The summed E-state index contributed by atoms with van der Waals surface area (Å²) in [6.07, 6.45) is -2.25. The van der Waals surface area contributed by atoms with Crippen molar-refractivity contribution in [2.24, 2.45) is 0 Å². The third-order valence-electron chi connectivity index (χ3n) is 7.18. The average Bonchev–Trinajstić information content (AvgIpc) is 3.63. The van der Waals surface area contributed by atoms with Gasteiger partial charge in [0.2, 0.25) is 5.79 Å². The van der Waals surface area contributed by atoms with E-state index in [2.05, 4.69) is 26.2 Å². The smallest absolute Gasteiger partial charge is 0.214 e. The van der Waals surface area contributed by atoms with Crippen LogP contribution in [0, 0.1) is 17.5 Å². The summed E-state index contributed by atoms with van der Waals surface area (Å²) < 4.78 is 57.3. The summed E-state index contributed by atoms with van der Waals surface area (Å²) in [5.74, 6) is -6.01. The van der Waals surface area contributed by atoms with Gasteiger partial charge >= 0.3 is 0 Å². The lowest BCUT2D eigenvalue weighted by molar-refractivity contribution is -0.349. The van der Waals surface area contributed by atoms with E-state index in [4.69, 9.17) is 9.47 Å². The highest BCUT2D eigenvalue weighted by Gasteiger charge is 2.63. The van der Waals surface area contributed by atoms with Crippen molar-refractivity contribution in [2.75, 3.05) is 13.2 Å². The van der Waals surface area contributed by atoms with Crippen molar-refractivity contribution < 1.29 is 38.0 Å². The Labute approximate surface area is 227 Å². The Balaban J connectivity index is 1.34. The van der Waals surface area contributed by atoms with Crippen molar-refractivity contribution in [3.05, 3.63) is 64.0 Å². The number of aliphatic hydroxyl groups is 3. The van der Waals surface area contributed by atoms with Gasteiger partial charge in [0, 0.05) is 21.5 Å². The van der Waals surface area contributed by atoms with Crippen molar-refractivity contribution >= 4 is 27.9 Å². The maximum Gasteiger partial charge on any atom is 0.214 e. The zero-order valence-electron chi connectivity index (χ0n) is 19.5. The van der Waals surface area contributed by atoms with Crippen LogP contribution in [-0.2, 0) is 16.0 Å². The molecule has 6 atom stereocenters. The molecule has 202 valence electrons. The summed E-state index contributed by atoms with van der Waals surface area (Å²) in [5.41, 5.74) is 1.01. The first kappa shape index (κ1) is 26.2. The van der Waals surface area contributed by atoms with E-state index in [0.717, 1.165) is 31.7 Å². The summed E-state index contributed by atoms with van der Waals surface area (Å²) in [4.78, 5) is 1.04. The van der Waals surface area contributed by atoms with Crippen LogP contribution in [0.1, 0.15) is 18.0 Å². The minimum atomic E-state index is -1.62. The normalized spacial score (nSPS) is 31.3. The van der Waals surface area contributed by atoms with E-state index in [9.17, 15) is 28.5 Å². The second-order valence-corrected chi connectivity index (χ2v) is 11.4. The molecule has 0 saturated carbocycles. The SMILES string of the molecule is OC[C@H]1O[C@]2(OCC[C@H]2N2Cc3ccc(Br)cc3S2)[C@H](O)[C@@H](n2cc(-c3cc(F)c(F)c(F)c3)nn2)[C@H]1O. The number of halogens is 4. The van der Waals surface area contributed by atoms with Gasteiger partial charge in [-0.15, -0.1) is 5.10 Å². The van der Waals surface area contributed by atoms with Gasteiger partial charge in [-0.2, -0.15) is 0 Å². The lowest BCUT2D eigenvalue weighted by Crippen LogP contribution is -2.68. The van der Waals surface area contributed by atoms with Gasteiger partial charge in [-0.25, -0.2) is 22.2 Å². The standard InChI is InChI=1S/C24H22BrF3N4O5S/c25-13-2-1-11-8-32(38-18(11)7-13)19-3-4-36-24(19)23(35)21(22(34)17(10-33)37-24)31-9-16(29-30-31)12-5-14(26)20(28)15(27)6-12/h1-2,5-7,9,17,19,21-23,33-35H,3-4,8,10H2/t17-,19-,21+,22+,23-,24+/m1/s1. The van der Waals surface area contributed by atoms with E-state index in [1.165, 1.54) is 18.1 Å². The number of hydrogen-bond donors (Lipinski definition) is 3. The maximum absolute atomic E-state index is 13.8. The number of fused-ring (bicyclic) bond motifs is 1. The van der Waals surface area contributed by atoms with Crippen molar-refractivity contribution in [1.29, 1.82) is 0 Å². The Kier molecular flexibility index (Phi) is 6.79. The summed E-state index contributed by atoms with van der Waals surface area (Å²) >= 11 is 4.98. The minimum Gasteiger partial charge on any atom is -0.394 e. The van der Waals surface area contributed by atoms with E-state index in [-0.39, 0.29) is 17.9 Å². The van der Waals surface area contributed by atoms with E-state index in [1.54, 1.807) is 0 Å². The number of ether oxygens (including phenoxy) is 2. The zero-order valence-corrected chi connectivity index (χ0v) is 21.9. The Morgan fingerprint density at radius 2 is 1.92 bits per heavy atom. The third-order valence-corrected chi connectivity index (χ3v) is 8.87. The molecule has 2 saturated heterocycles. The van der Waals surface area contributed by atoms with Gasteiger partial charge in [0.1, 0.15) is 30.0 Å². The average molecular weight is 615 g/mol. The fourth-order valence-electron chi connectivity index (χ4n) is 5.34. The molecule has 0 aliphatic carbocycles. The summed E-state index contributed by atoms with van der Waals surface area (Å²) in [6.45, 7) is 0.250. The molecule has 0 amide bonds. The van der Waals surface area contributed by atoms with Crippen LogP contribution in [0.4, 0.5) is 13.2 Å². The van der Waals surface area contributed by atoms with E-state index in [1.807, 2.05) is 22.5 Å². The predicted molar refractivity (Wildman–Crippen MR) is 131 cm³/mol. The van der Waals surface area contributed by atoms with Gasteiger partial charge in [-0.3, -0.25) is 0 Å². The number of rotatable bonds is 4. The molecule has 2 aromatic carbocycles. The monoisotopic (exact) mass is 614 g/mol. The molecule has 9 nitrogen and oxygen atoms in total. The first-order valence-corrected chi connectivity index (χ1v) is 13.4. The van der Waals surface area contributed by atoms with Crippen LogP contribution in [-0.4, -0.2) is 78.0 Å². The molecule has 0 unspecified atom stereocenters. The molecule has 3 aliphatic rings. The number of hydrogen-bond acceptors (Lipinski definition) is 9. The maximum atomic E-state index is 13.8. The molecule has 4 heterocycles. The second kappa shape index (κ2) is 9.86. The van der Waals surface area contributed by atoms with Crippen molar-refractivity contribution in [1.82, 2.24) is 19.3 Å². The van der Waals surface area contributed by atoms with Gasteiger partial charge in [-0.05, 0) is 48.2 Å². The Morgan fingerprint density at radius 3 is 2.66 bits per heavy atom. The number of aliphatic hydroxyl groups excluding tert-OH is 3. The highest BCUT2D eigenvalue weighted by Crippen LogP contribution is 2.50. The zero-order chi connectivity index (χ0) is 26.8. The quantitative estimate of drug-likeness (QED) is 0.302. The van der Waals surface area contributed by atoms with Gasteiger partial charge in [0.05, 0.1) is 25.5 Å². The van der Waals surface area contributed by atoms with Crippen LogP contribution in [0.5, 0.6) is 0 Å². The van der Waals surface area contributed by atoms with Crippen LogP contribution < -0.4 is 0 Å². The van der Waals surface area contributed by atoms with Crippen molar-refractivity contribution in [3.8, 4) is 11.3 Å². The Bertz CT molecular complexity index is 1360. The fraction of sp³-hybridized carbons (Fsp3) is 0.417. The van der Waals surface area contributed by atoms with Gasteiger partial charge in [0.15, 0.2) is 17.5 Å². The summed E-state index contributed by atoms with van der Waals surface area (Å²) in [5, 5.41) is 40.6. The molecule has 1 spiro atoms. The van der Waals surface area contributed by atoms with E-state index in [0.29, 0.717) is 13.0 Å².